The molecule has 0 aliphatic rings. The smallest absolute Gasteiger partial charge is 0.336 e. The molecule has 3 rings (SSSR count). The molecular formula is C17H14N4O2. The highest BCUT2D eigenvalue weighted by Gasteiger charge is 2.11. The molecule has 6 heteroatoms. The maximum absolute atomic E-state index is 11.3. The largest absolute Gasteiger partial charge is 0.478 e. The van der Waals surface area contributed by atoms with Crippen molar-refractivity contribution in [3.05, 3.63) is 66.0 Å². The van der Waals surface area contributed by atoms with Gasteiger partial charge in [-0.05, 0) is 25.1 Å². The van der Waals surface area contributed by atoms with E-state index in [1.807, 2.05) is 24.3 Å². The second-order valence-electron chi connectivity index (χ2n) is 4.90. The predicted octanol–water partition coefficient (Wildman–Crippen LogP) is 3.16. The zero-order chi connectivity index (χ0) is 16.2. The fourth-order valence-corrected chi connectivity index (χ4v) is 2.28. The molecule has 114 valence electrons. The summed E-state index contributed by atoms with van der Waals surface area (Å²) in [6.45, 7) is 1.75. The van der Waals surface area contributed by atoms with Crippen LogP contribution in [0.5, 0.6) is 0 Å². The Bertz CT molecular complexity index is 900. The maximum atomic E-state index is 11.3. The van der Waals surface area contributed by atoms with E-state index >= 15 is 0 Å². The van der Waals surface area contributed by atoms with E-state index in [9.17, 15) is 9.90 Å². The molecule has 0 saturated heterocycles. The normalized spacial score (nSPS) is 11.4. The minimum atomic E-state index is -0.984. The number of rotatable bonds is 4. The molecule has 0 unspecified atom stereocenters. The fourth-order valence-electron chi connectivity index (χ4n) is 2.28. The summed E-state index contributed by atoms with van der Waals surface area (Å²) >= 11 is 0. The van der Waals surface area contributed by atoms with Crippen LogP contribution in [-0.4, -0.2) is 26.8 Å². The van der Waals surface area contributed by atoms with Crippen LogP contribution in [0.3, 0.4) is 0 Å². The zero-order valence-corrected chi connectivity index (χ0v) is 12.4. The van der Waals surface area contributed by atoms with Crippen molar-refractivity contribution in [1.82, 2.24) is 9.97 Å². The van der Waals surface area contributed by atoms with Gasteiger partial charge in [-0.3, -0.25) is 5.43 Å². The molecule has 0 radical (unpaired) electrons. The number of para-hydroxylation sites is 1. The molecular weight excluding hydrogens is 292 g/mol. The van der Waals surface area contributed by atoms with Crippen molar-refractivity contribution in [2.45, 2.75) is 6.92 Å². The van der Waals surface area contributed by atoms with Crippen LogP contribution < -0.4 is 5.43 Å². The van der Waals surface area contributed by atoms with E-state index in [1.54, 1.807) is 31.2 Å². The number of hydrogen-bond donors (Lipinski definition) is 2. The van der Waals surface area contributed by atoms with Crippen LogP contribution in [0.2, 0.25) is 0 Å². The molecule has 0 fully saturated rings. The summed E-state index contributed by atoms with van der Waals surface area (Å²) in [5.41, 5.74) is 5.04. The van der Waals surface area contributed by atoms with Crippen molar-refractivity contribution in [2.75, 3.05) is 5.43 Å². The third kappa shape index (κ3) is 3.01. The molecule has 0 atom stereocenters. The summed E-state index contributed by atoms with van der Waals surface area (Å²) in [6.07, 6.45) is 1.46. The van der Waals surface area contributed by atoms with Gasteiger partial charge in [0.1, 0.15) is 6.33 Å². The average molecular weight is 306 g/mol. The monoisotopic (exact) mass is 306 g/mol. The van der Waals surface area contributed by atoms with Crippen molar-refractivity contribution < 1.29 is 9.90 Å². The molecule has 0 bridgehead atoms. The number of anilines is 1. The Balaban J connectivity index is 1.95. The molecule has 1 aromatic heterocycles. The summed E-state index contributed by atoms with van der Waals surface area (Å²) in [5.74, 6) is -0.412. The summed E-state index contributed by atoms with van der Waals surface area (Å²) in [6, 6.07) is 14.3. The molecule has 3 aromatic rings. The Morgan fingerprint density at radius 3 is 2.52 bits per heavy atom. The fraction of sp³-hybridized carbons (Fsp3) is 0.0588. The highest BCUT2D eigenvalue weighted by atomic mass is 16.4. The first-order valence-corrected chi connectivity index (χ1v) is 6.99. The molecule has 0 aliphatic carbocycles. The van der Waals surface area contributed by atoms with Crippen molar-refractivity contribution >= 4 is 28.4 Å². The maximum Gasteiger partial charge on any atom is 0.336 e. The molecule has 6 nitrogen and oxygen atoms in total. The van der Waals surface area contributed by atoms with E-state index < -0.39 is 5.97 Å². The zero-order valence-electron chi connectivity index (χ0n) is 12.4. The van der Waals surface area contributed by atoms with Crippen LogP contribution in [0.4, 0.5) is 5.82 Å². The number of nitrogens with one attached hydrogen (secondary N) is 1. The lowest BCUT2D eigenvalue weighted by Crippen LogP contribution is -2.08. The van der Waals surface area contributed by atoms with Gasteiger partial charge in [0.2, 0.25) is 0 Å². The quantitative estimate of drug-likeness (QED) is 0.571. The number of benzene rings is 2. The highest BCUT2D eigenvalue weighted by Crippen LogP contribution is 2.18. The number of nitrogens with zero attached hydrogens (tertiary/aromatic N) is 3. The van der Waals surface area contributed by atoms with Crippen LogP contribution in [0, 0.1) is 0 Å². The van der Waals surface area contributed by atoms with Crippen molar-refractivity contribution in [1.29, 1.82) is 0 Å². The molecule has 2 N–H and O–H groups in total. The van der Waals surface area contributed by atoms with Gasteiger partial charge in [-0.25, -0.2) is 14.8 Å². The highest BCUT2D eigenvalue weighted by molar-refractivity contribution is 6.07. The van der Waals surface area contributed by atoms with Crippen molar-refractivity contribution in [2.24, 2.45) is 5.10 Å². The van der Waals surface area contributed by atoms with Crippen LogP contribution >= 0.6 is 0 Å². The second-order valence-corrected chi connectivity index (χ2v) is 4.90. The van der Waals surface area contributed by atoms with Gasteiger partial charge >= 0.3 is 5.97 Å². The summed E-state index contributed by atoms with van der Waals surface area (Å²) in [4.78, 5) is 19.7. The van der Waals surface area contributed by atoms with E-state index in [2.05, 4.69) is 20.5 Å². The summed E-state index contributed by atoms with van der Waals surface area (Å²) in [5, 5.41) is 14.4. The molecule has 0 aliphatic heterocycles. The lowest BCUT2D eigenvalue weighted by molar-refractivity contribution is 0.0696. The third-order valence-electron chi connectivity index (χ3n) is 3.42. The molecule has 23 heavy (non-hydrogen) atoms. The van der Waals surface area contributed by atoms with Gasteiger partial charge < -0.3 is 5.11 Å². The van der Waals surface area contributed by atoms with E-state index in [1.165, 1.54) is 6.33 Å². The van der Waals surface area contributed by atoms with Crippen LogP contribution in [-0.2, 0) is 0 Å². The number of carbonyl (C=O) groups is 1. The number of fused-ring (bicyclic) bond motifs is 1. The number of hydrazone groups is 1. The van der Waals surface area contributed by atoms with Gasteiger partial charge in [-0.2, -0.15) is 5.10 Å². The Morgan fingerprint density at radius 2 is 1.74 bits per heavy atom. The Hall–Kier alpha value is -3.28. The predicted molar refractivity (Wildman–Crippen MR) is 88.8 cm³/mol. The first-order valence-electron chi connectivity index (χ1n) is 6.99. The Kier molecular flexibility index (Phi) is 3.97. The molecule has 0 saturated carbocycles. The number of aromatic carboxylic acids is 1. The topological polar surface area (TPSA) is 87.5 Å². The first kappa shape index (κ1) is 14.6. The van der Waals surface area contributed by atoms with E-state index in [0.29, 0.717) is 17.1 Å². The minimum Gasteiger partial charge on any atom is -0.478 e. The van der Waals surface area contributed by atoms with Crippen molar-refractivity contribution in [3.8, 4) is 0 Å². The number of aromatic nitrogens is 2. The van der Waals surface area contributed by atoms with E-state index in [0.717, 1.165) is 10.9 Å². The van der Waals surface area contributed by atoms with E-state index in [4.69, 9.17) is 0 Å². The molecule has 0 spiro atoms. The van der Waals surface area contributed by atoms with Gasteiger partial charge in [0.15, 0.2) is 5.82 Å². The summed E-state index contributed by atoms with van der Waals surface area (Å²) < 4.78 is 0. The standard InChI is InChI=1S/C17H14N4O2/c1-11(12-6-2-3-7-13(12)17(22)23)20-21-16-14-8-4-5-9-15(14)18-10-19-16/h2-10H,1H3,(H,22,23)(H,18,19,21). The van der Waals surface area contributed by atoms with Crippen LogP contribution in [0.25, 0.3) is 10.9 Å². The van der Waals surface area contributed by atoms with Crippen LogP contribution in [0.1, 0.15) is 22.8 Å². The Morgan fingerprint density at radius 1 is 1.04 bits per heavy atom. The molecule has 0 amide bonds. The van der Waals surface area contributed by atoms with Gasteiger partial charge in [0, 0.05) is 10.9 Å². The second kappa shape index (κ2) is 6.23. The van der Waals surface area contributed by atoms with Crippen molar-refractivity contribution in [3.63, 3.8) is 0 Å². The van der Waals surface area contributed by atoms with Gasteiger partial charge in [0.05, 0.1) is 16.8 Å². The van der Waals surface area contributed by atoms with E-state index in [-0.39, 0.29) is 5.56 Å². The molecule has 2 aromatic carbocycles. The summed E-state index contributed by atoms with van der Waals surface area (Å²) in [7, 11) is 0. The number of carboxylic acids is 1. The van der Waals surface area contributed by atoms with Gasteiger partial charge in [0.25, 0.3) is 0 Å². The minimum absolute atomic E-state index is 0.211. The third-order valence-corrected chi connectivity index (χ3v) is 3.42. The lowest BCUT2D eigenvalue weighted by atomic mass is 10.0. The Labute approximate surface area is 132 Å². The number of carboxylic acid groups (broad SMARTS) is 1. The van der Waals surface area contributed by atoms with Gasteiger partial charge in [-0.15, -0.1) is 0 Å². The first-order chi connectivity index (χ1) is 11.2. The van der Waals surface area contributed by atoms with Crippen LogP contribution in [0.15, 0.2) is 60.0 Å². The number of hydrogen-bond acceptors (Lipinski definition) is 5. The van der Waals surface area contributed by atoms with Gasteiger partial charge in [-0.1, -0.05) is 30.3 Å². The average Bonchev–Trinajstić information content (AvgIpc) is 2.59. The molecule has 1 heterocycles. The lowest BCUT2D eigenvalue weighted by Gasteiger charge is -2.07. The SMILES string of the molecule is CC(=NNc1ncnc2ccccc12)c1ccccc1C(=O)O.